The summed E-state index contributed by atoms with van der Waals surface area (Å²) in [5, 5.41) is 3.74. The minimum atomic E-state index is -0.961. The van der Waals surface area contributed by atoms with Crippen LogP contribution in [-0.2, 0) is 19.1 Å². The van der Waals surface area contributed by atoms with Gasteiger partial charge in [0.05, 0.1) is 31.3 Å². The van der Waals surface area contributed by atoms with E-state index in [0.717, 1.165) is 10.9 Å². The molecule has 0 amide bonds. The van der Waals surface area contributed by atoms with Crippen LogP contribution < -0.4 is 10.7 Å². The molecular formula is C22H20N2O6. The van der Waals surface area contributed by atoms with Crippen LogP contribution in [0.3, 0.4) is 0 Å². The van der Waals surface area contributed by atoms with Crippen LogP contribution >= 0.6 is 0 Å². The number of nitrogens with one attached hydrogen (secondary N) is 2. The lowest BCUT2D eigenvalue weighted by atomic mass is 9.83. The summed E-state index contributed by atoms with van der Waals surface area (Å²) in [6.45, 7) is 3.39. The van der Waals surface area contributed by atoms with Crippen molar-refractivity contribution < 1.29 is 23.5 Å². The number of aromatic amines is 1. The highest BCUT2D eigenvalue weighted by Gasteiger charge is 2.39. The maximum atomic E-state index is 12.9. The Morgan fingerprint density at radius 3 is 2.20 bits per heavy atom. The van der Waals surface area contributed by atoms with Crippen molar-refractivity contribution in [3.63, 3.8) is 0 Å². The molecule has 0 fully saturated rings. The number of rotatable bonds is 3. The van der Waals surface area contributed by atoms with E-state index in [1.165, 1.54) is 20.3 Å². The number of esters is 2. The van der Waals surface area contributed by atoms with Crippen LogP contribution in [0.25, 0.3) is 22.0 Å². The quantitative estimate of drug-likeness (QED) is 0.641. The van der Waals surface area contributed by atoms with Gasteiger partial charge in [-0.1, -0.05) is 12.1 Å². The molecule has 1 aromatic carbocycles. The molecule has 4 rings (SSSR count). The van der Waals surface area contributed by atoms with Gasteiger partial charge in [0.25, 0.3) is 0 Å². The SMILES string of the molecule is COC(=O)C1=C(C)NC(C)=C(C(=O)OC)C1c1cc(=O)c2[nH]c3ccccc3c2o1. The summed E-state index contributed by atoms with van der Waals surface area (Å²) in [6.07, 6.45) is 0. The zero-order valence-corrected chi connectivity index (χ0v) is 16.9. The number of methoxy groups -OCH3 is 2. The lowest BCUT2D eigenvalue weighted by Gasteiger charge is -2.28. The second-order valence-corrected chi connectivity index (χ2v) is 7.01. The smallest absolute Gasteiger partial charge is 0.336 e. The number of fused-ring (bicyclic) bond motifs is 3. The Morgan fingerprint density at radius 1 is 1.00 bits per heavy atom. The average Bonchev–Trinajstić information content (AvgIpc) is 3.11. The fraction of sp³-hybridized carbons (Fsp3) is 0.227. The summed E-state index contributed by atoms with van der Waals surface area (Å²) in [5.74, 6) is -2.09. The number of carbonyl (C=O) groups excluding carboxylic acids is 2. The van der Waals surface area contributed by atoms with Gasteiger partial charge in [-0.3, -0.25) is 4.79 Å². The maximum Gasteiger partial charge on any atom is 0.336 e. The Hall–Kier alpha value is -3.81. The van der Waals surface area contributed by atoms with Gasteiger partial charge in [-0.15, -0.1) is 0 Å². The molecule has 0 unspecified atom stereocenters. The van der Waals surface area contributed by atoms with Crippen molar-refractivity contribution in [2.75, 3.05) is 14.2 Å². The minimum Gasteiger partial charge on any atom is -0.466 e. The van der Waals surface area contributed by atoms with Crippen LogP contribution in [0.15, 0.2) is 62.1 Å². The van der Waals surface area contributed by atoms with E-state index in [0.29, 0.717) is 22.5 Å². The predicted molar refractivity (Wildman–Crippen MR) is 110 cm³/mol. The number of para-hydroxylation sites is 1. The number of hydrogen-bond donors (Lipinski definition) is 2. The van der Waals surface area contributed by atoms with Crippen LogP contribution in [0.5, 0.6) is 0 Å². The molecule has 154 valence electrons. The number of hydrogen-bond acceptors (Lipinski definition) is 7. The number of allylic oxidation sites excluding steroid dienone is 2. The van der Waals surface area contributed by atoms with Gasteiger partial charge in [-0.05, 0) is 26.0 Å². The minimum absolute atomic E-state index is 0.151. The van der Waals surface area contributed by atoms with E-state index in [1.807, 2.05) is 24.3 Å². The largest absolute Gasteiger partial charge is 0.466 e. The van der Waals surface area contributed by atoms with Gasteiger partial charge in [0.15, 0.2) is 5.58 Å². The molecule has 8 heteroatoms. The third-order valence-electron chi connectivity index (χ3n) is 5.25. The van der Waals surface area contributed by atoms with Crippen LogP contribution in [0, 0.1) is 0 Å². The molecule has 1 aliphatic heterocycles. The zero-order chi connectivity index (χ0) is 21.6. The highest BCUT2D eigenvalue weighted by atomic mass is 16.5. The van der Waals surface area contributed by atoms with E-state index < -0.39 is 17.9 Å². The first-order chi connectivity index (χ1) is 14.4. The van der Waals surface area contributed by atoms with Gasteiger partial charge >= 0.3 is 11.9 Å². The van der Waals surface area contributed by atoms with E-state index in [9.17, 15) is 14.4 Å². The number of aromatic nitrogens is 1. The molecule has 3 heterocycles. The molecule has 2 N–H and O–H groups in total. The van der Waals surface area contributed by atoms with Crippen molar-refractivity contribution >= 4 is 33.9 Å². The molecule has 8 nitrogen and oxygen atoms in total. The lowest BCUT2D eigenvalue weighted by Crippen LogP contribution is -2.32. The lowest BCUT2D eigenvalue weighted by molar-refractivity contribution is -0.137. The maximum absolute atomic E-state index is 12.9. The van der Waals surface area contributed by atoms with Crippen LogP contribution in [0.2, 0.25) is 0 Å². The predicted octanol–water partition coefficient (Wildman–Crippen LogP) is 2.86. The van der Waals surface area contributed by atoms with E-state index in [-0.39, 0.29) is 22.3 Å². The standard InChI is InChI=1S/C22H20N2O6/c1-10-16(21(26)28-3)18(17(11(2)23-10)22(27)29-4)15-9-14(25)19-20(30-15)12-7-5-6-8-13(12)24-19/h5-9,18,23-24H,1-4H3. The second kappa shape index (κ2) is 7.22. The Kier molecular flexibility index (Phi) is 4.69. The average molecular weight is 408 g/mol. The van der Waals surface area contributed by atoms with E-state index in [1.54, 1.807) is 13.8 Å². The fourth-order valence-corrected chi connectivity index (χ4v) is 3.93. The van der Waals surface area contributed by atoms with Crippen molar-refractivity contribution in [2.24, 2.45) is 0 Å². The number of dihydropyridines is 1. The summed E-state index contributed by atoms with van der Waals surface area (Å²) in [4.78, 5) is 41.2. The van der Waals surface area contributed by atoms with Crippen molar-refractivity contribution in [3.05, 3.63) is 68.9 Å². The molecule has 30 heavy (non-hydrogen) atoms. The molecule has 0 radical (unpaired) electrons. The van der Waals surface area contributed by atoms with Crippen LogP contribution in [0.1, 0.15) is 25.5 Å². The number of carbonyl (C=O) groups is 2. The molecule has 0 bridgehead atoms. The van der Waals surface area contributed by atoms with Crippen molar-refractivity contribution in [1.29, 1.82) is 0 Å². The summed E-state index contributed by atoms with van der Waals surface area (Å²) in [7, 11) is 2.50. The number of ether oxygens (including phenoxy) is 2. The van der Waals surface area contributed by atoms with Crippen molar-refractivity contribution in [1.82, 2.24) is 10.3 Å². The first-order valence-corrected chi connectivity index (χ1v) is 9.27. The van der Waals surface area contributed by atoms with Gasteiger partial charge in [0.2, 0.25) is 5.43 Å². The molecule has 0 saturated heterocycles. The second-order valence-electron chi connectivity index (χ2n) is 7.01. The van der Waals surface area contributed by atoms with Crippen LogP contribution in [0.4, 0.5) is 0 Å². The van der Waals surface area contributed by atoms with Crippen molar-refractivity contribution in [2.45, 2.75) is 19.8 Å². The first-order valence-electron chi connectivity index (χ1n) is 9.27. The monoisotopic (exact) mass is 408 g/mol. The number of benzene rings is 1. The Bertz CT molecular complexity index is 1290. The Morgan fingerprint density at radius 2 is 1.60 bits per heavy atom. The fourth-order valence-electron chi connectivity index (χ4n) is 3.93. The highest BCUT2D eigenvalue weighted by Crippen LogP contribution is 2.40. The summed E-state index contributed by atoms with van der Waals surface area (Å²) < 4.78 is 16.0. The molecule has 0 saturated carbocycles. The number of H-pyrrole nitrogens is 1. The molecule has 2 aromatic heterocycles. The van der Waals surface area contributed by atoms with Gasteiger partial charge < -0.3 is 24.2 Å². The third-order valence-corrected chi connectivity index (χ3v) is 5.25. The molecule has 0 spiro atoms. The summed E-state index contributed by atoms with van der Waals surface area (Å²) in [5.41, 5.74) is 2.44. The molecular weight excluding hydrogens is 388 g/mol. The molecule has 0 aliphatic carbocycles. The van der Waals surface area contributed by atoms with Crippen LogP contribution in [-0.4, -0.2) is 31.1 Å². The topological polar surface area (TPSA) is 111 Å². The van der Waals surface area contributed by atoms with E-state index in [2.05, 4.69) is 10.3 Å². The Labute approximate surface area is 171 Å². The summed E-state index contributed by atoms with van der Waals surface area (Å²) >= 11 is 0. The van der Waals surface area contributed by atoms with Crippen molar-refractivity contribution in [3.8, 4) is 0 Å². The van der Waals surface area contributed by atoms with Gasteiger partial charge in [0, 0.05) is 28.4 Å². The normalized spacial score (nSPS) is 14.9. The first kappa shape index (κ1) is 19.5. The van der Waals surface area contributed by atoms with Gasteiger partial charge in [0.1, 0.15) is 11.3 Å². The highest BCUT2D eigenvalue weighted by molar-refractivity contribution is 6.04. The van der Waals surface area contributed by atoms with Gasteiger partial charge in [-0.2, -0.15) is 0 Å². The van der Waals surface area contributed by atoms with E-state index >= 15 is 0 Å². The molecule has 1 aliphatic rings. The summed E-state index contributed by atoms with van der Waals surface area (Å²) in [6, 6.07) is 8.63. The van der Waals surface area contributed by atoms with E-state index in [4.69, 9.17) is 13.9 Å². The third kappa shape index (κ3) is 2.88. The molecule has 3 aromatic rings. The Balaban J connectivity index is 2.04. The van der Waals surface area contributed by atoms with Gasteiger partial charge in [-0.25, -0.2) is 9.59 Å². The zero-order valence-electron chi connectivity index (χ0n) is 16.9. The molecule has 0 atom stereocenters.